The number of nitrogens with zero attached hydrogens (tertiary/aromatic N) is 6. The molecular formula is C20H21N7OS. The first-order valence-electron chi connectivity index (χ1n) is 9.55. The van der Waals surface area contributed by atoms with Crippen molar-refractivity contribution < 1.29 is 4.79 Å². The predicted octanol–water partition coefficient (Wildman–Crippen LogP) is 2.38. The fourth-order valence-corrected chi connectivity index (χ4v) is 4.37. The molecule has 29 heavy (non-hydrogen) atoms. The van der Waals surface area contributed by atoms with E-state index in [0.717, 1.165) is 47.1 Å². The molecule has 0 saturated carbocycles. The van der Waals surface area contributed by atoms with Crippen LogP contribution in [0, 0.1) is 0 Å². The average molecular weight is 408 g/mol. The van der Waals surface area contributed by atoms with Crippen LogP contribution >= 0.6 is 11.3 Å². The number of H-pyrrole nitrogens is 1. The summed E-state index contributed by atoms with van der Waals surface area (Å²) >= 11 is 1.48. The third-order valence-electron chi connectivity index (χ3n) is 5.15. The van der Waals surface area contributed by atoms with Gasteiger partial charge in [-0.25, -0.2) is 9.97 Å². The first-order valence-corrected chi connectivity index (χ1v) is 10.4. The van der Waals surface area contributed by atoms with Gasteiger partial charge in [-0.3, -0.25) is 14.4 Å². The van der Waals surface area contributed by atoms with Gasteiger partial charge >= 0.3 is 0 Å². The largest absolute Gasteiger partial charge is 0.341 e. The first-order chi connectivity index (χ1) is 14.2. The molecule has 8 nitrogen and oxygen atoms in total. The maximum Gasteiger partial charge on any atom is 0.273 e. The van der Waals surface area contributed by atoms with Gasteiger partial charge in [0, 0.05) is 50.4 Å². The monoisotopic (exact) mass is 407 g/mol. The Hall–Kier alpha value is -3.04. The van der Waals surface area contributed by atoms with E-state index in [1.165, 1.54) is 11.3 Å². The van der Waals surface area contributed by atoms with Crippen LogP contribution in [0.4, 0.5) is 0 Å². The SMILES string of the molecule is Cn1cc(-c2nc(C(=O)N3CCN(Cc4nc5ccccc5[nH]4)CC3)cs2)cn1. The second-order valence-electron chi connectivity index (χ2n) is 7.21. The van der Waals surface area contributed by atoms with Crippen molar-refractivity contribution in [2.24, 2.45) is 7.05 Å². The van der Waals surface area contributed by atoms with E-state index >= 15 is 0 Å². The Balaban J connectivity index is 1.20. The molecule has 0 unspecified atom stereocenters. The number of carbonyl (C=O) groups excluding carboxylic acids is 1. The molecule has 1 fully saturated rings. The van der Waals surface area contributed by atoms with Gasteiger partial charge in [0.1, 0.15) is 16.5 Å². The van der Waals surface area contributed by atoms with Crippen LogP contribution in [0.15, 0.2) is 42.0 Å². The van der Waals surface area contributed by atoms with Crippen LogP contribution in [0.25, 0.3) is 21.6 Å². The Morgan fingerprint density at radius 3 is 2.76 bits per heavy atom. The number of aromatic nitrogens is 5. The van der Waals surface area contributed by atoms with E-state index < -0.39 is 0 Å². The molecule has 5 rings (SSSR count). The predicted molar refractivity (Wildman–Crippen MR) is 112 cm³/mol. The number of amides is 1. The Labute approximate surface area is 171 Å². The maximum absolute atomic E-state index is 12.8. The van der Waals surface area contributed by atoms with Gasteiger partial charge in [0.05, 0.1) is 23.8 Å². The van der Waals surface area contributed by atoms with Gasteiger partial charge in [0.2, 0.25) is 0 Å². The summed E-state index contributed by atoms with van der Waals surface area (Å²) in [5.41, 5.74) is 3.50. The number of thiazole rings is 1. The lowest BCUT2D eigenvalue weighted by Gasteiger charge is -2.33. The molecule has 9 heteroatoms. The lowest BCUT2D eigenvalue weighted by atomic mass is 10.3. The van der Waals surface area contributed by atoms with E-state index in [1.807, 2.05) is 47.8 Å². The molecule has 0 radical (unpaired) electrons. The number of carbonyl (C=O) groups is 1. The average Bonchev–Trinajstić information content (AvgIpc) is 3.46. The second kappa shape index (κ2) is 7.41. The number of para-hydroxylation sites is 2. The molecule has 3 aromatic heterocycles. The van der Waals surface area contributed by atoms with Crippen molar-refractivity contribution in [1.29, 1.82) is 0 Å². The third-order valence-corrected chi connectivity index (χ3v) is 6.04. The number of piperazine rings is 1. The van der Waals surface area contributed by atoms with Crippen LogP contribution in [-0.2, 0) is 13.6 Å². The van der Waals surface area contributed by atoms with Crippen molar-refractivity contribution in [3.8, 4) is 10.6 Å². The number of aromatic amines is 1. The van der Waals surface area contributed by atoms with Crippen LogP contribution < -0.4 is 0 Å². The molecule has 1 amide bonds. The van der Waals surface area contributed by atoms with E-state index in [4.69, 9.17) is 0 Å². The van der Waals surface area contributed by atoms with Crippen LogP contribution in [0.5, 0.6) is 0 Å². The summed E-state index contributed by atoms with van der Waals surface area (Å²) in [6.45, 7) is 3.79. The molecule has 1 N–H and O–H groups in total. The molecule has 1 saturated heterocycles. The normalized spacial score (nSPS) is 15.3. The Kier molecular flexibility index (Phi) is 4.61. The molecule has 0 bridgehead atoms. The van der Waals surface area contributed by atoms with Crippen molar-refractivity contribution in [3.63, 3.8) is 0 Å². The minimum absolute atomic E-state index is 0.000206. The summed E-state index contributed by atoms with van der Waals surface area (Å²) in [6.07, 6.45) is 3.67. The molecule has 1 aromatic carbocycles. The van der Waals surface area contributed by atoms with Crippen LogP contribution in [0.2, 0.25) is 0 Å². The number of rotatable bonds is 4. The minimum Gasteiger partial charge on any atom is -0.341 e. The quantitative estimate of drug-likeness (QED) is 0.562. The number of nitrogens with one attached hydrogen (secondary N) is 1. The summed E-state index contributed by atoms with van der Waals surface area (Å²) in [5, 5.41) is 6.83. The van der Waals surface area contributed by atoms with Gasteiger partial charge < -0.3 is 9.88 Å². The van der Waals surface area contributed by atoms with Crippen molar-refractivity contribution in [2.75, 3.05) is 26.2 Å². The highest BCUT2D eigenvalue weighted by Gasteiger charge is 2.24. The van der Waals surface area contributed by atoms with Gasteiger partial charge in [0.25, 0.3) is 5.91 Å². The zero-order valence-corrected chi connectivity index (χ0v) is 16.9. The molecule has 4 aromatic rings. The number of fused-ring (bicyclic) bond motifs is 1. The van der Waals surface area contributed by atoms with Crippen LogP contribution in [0.3, 0.4) is 0 Å². The molecule has 148 valence electrons. The van der Waals surface area contributed by atoms with Crippen LogP contribution in [0.1, 0.15) is 16.3 Å². The minimum atomic E-state index is -0.000206. The van der Waals surface area contributed by atoms with E-state index in [2.05, 4.69) is 25.0 Å². The van der Waals surface area contributed by atoms with Gasteiger partial charge in [-0.05, 0) is 12.1 Å². The van der Waals surface area contributed by atoms with Crippen molar-refractivity contribution in [3.05, 3.63) is 53.6 Å². The first kappa shape index (κ1) is 18.0. The highest BCUT2D eigenvalue weighted by Crippen LogP contribution is 2.24. The molecular weight excluding hydrogens is 386 g/mol. The van der Waals surface area contributed by atoms with E-state index in [9.17, 15) is 4.79 Å². The number of hydrogen-bond acceptors (Lipinski definition) is 6. The maximum atomic E-state index is 12.8. The summed E-state index contributed by atoms with van der Waals surface area (Å²) in [5.74, 6) is 0.964. The summed E-state index contributed by atoms with van der Waals surface area (Å²) in [4.78, 5) is 29.6. The lowest BCUT2D eigenvalue weighted by Crippen LogP contribution is -2.48. The van der Waals surface area contributed by atoms with Crippen molar-refractivity contribution in [2.45, 2.75) is 6.54 Å². The smallest absolute Gasteiger partial charge is 0.273 e. The van der Waals surface area contributed by atoms with Gasteiger partial charge in [-0.2, -0.15) is 5.10 Å². The zero-order valence-electron chi connectivity index (χ0n) is 16.1. The molecule has 0 atom stereocenters. The van der Waals surface area contributed by atoms with Gasteiger partial charge in [0.15, 0.2) is 0 Å². The fraction of sp³-hybridized carbons (Fsp3) is 0.300. The van der Waals surface area contributed by atoms with Crippen molar-refractivity contribution >= 4 is 28.3 Å². The van der Waals surface area contributed by atoms with E-state index in [-0.39, 0.29) is 5.91 Å². The number of aryl methyl sites for hydroxylation is 1. The summed E-state index contributed by atoms with van der Waals surface area (Å²) < 4.78 is 1.74. The molecule has 0 aliphatic carbocycles. The highest BCUT2D eigenvalue weighted by molar-refractivity contribution is 7.13. The molecule has 1 aliphatic heterocycles. The molecule has 0 spiro atoms. The van der Waals surface area contributed by atoms with Crippen molar-refractivity contribution in [1.82, 2.24) is 34.5 Å². The Bertz CT molecular complexity index is 1120. The number of imidazole rings is 1. The molecule has 4 heterocycles. The fourth-order valence-electron chi connectivity index (χ4n) is 3.60. The number of benzene rings is 1. The third kappa shape index (κ3) is 3.66. The second-order valence-corrected chi connectivity index (χ2v) is 8.07. The van der Waals surface area contributed by atoms with Gasteiger partial charge in [-0.1, -0.05) is 12.1 Å². The van der Waals surface area contributed by atoms with E-state index in [0.29, 0.717) is 18.8 Å². The molecule has 1 aliphatic rings. The Morgan fingerprint density at radius 1 is 1.17 bits per heavy atom. The van der Waals surface area contributed by atoms with E-state index in [1.54, 1.807) is 10.9 Å². The lowest BCUT2D eigenvalue weighted by molar-refractivity contribution is 0.0621. The summed E-state index contributed by atoms with van der Waals surface area (Å²) in [7, 11) is 1.87. The number of hydrogen-bond donors (Lipinski definition) is 1. The Morgan fingerprint density at radius 2 is 2.00 bits per heavy atom. The zero-order chi connectivity index (χ0) is 19.8. The summed E-state index contributed by atoms with van der Waals surface area (Å²) in [6, 6.07) is 8.05. The highest BCUT2D eigenvalue weighted by atomic mass is 32.1. The standard InChI is InChI=1S/C20H21N7OS/c1-25-11-14(10-21-25)19-24-17(13-29-19)20(28)27-8-6-26(7-9-27)12-18-22-15-4-2-3-5-16(15)23-18/h2-5,10-11,13H,6-9,12H2,1H3,(H,22,23). The van der Waals surface area contributed by atoms with Gasteiger partial charge in [-0.15, -0.1) is 11.3 Å². The topological polar surface area (TPSA) is 82.9 Å². The van der Waals surface area contributed by atoms with Crippen LogP contribution in [-0.4, -0.2) is 66.6 Å².